The summed E-state index contributed by atoms with van der Waals surface area (Å²) >= 11 is 0. The van der Waals surface area contributed by atoms with Gasteiger partial charge in [-0.25, -0.2) is 4.99 Å². The molecule has 2 heterocycles. The van der Waals surface area contributed by atoms with Crippen LogP contribution in [-0.2, 0) is 4.74 Å². The zero-order valence-corrected chi connectivity index (χ0v) is 9.84. The molecule has 0 saturated heterocycles. The quantitative estimate of drug-likeness (QED) is 0.737. The second kappa shape index (κ2) is 3.67. The first-order chi connectivity index (χ1) is 8.92. The van der Waals surface area contributed by atoms with Crippen molar-refractivity contribution >= 4 is 11.4 Å². The maximum absolute atomic E-state index is 6.01. The molecule has 0 fully saturated rings. The molecule has 0 saturated carbocycles. The molecule has 0 aromatic heterocycles. The molecule has 3 nitrogen and oxygen atoms in total. The van der Waals surface area contributed by atoms with Crippen LogP contribution in [0.3, 0.4) is 0 Å². The Labute approximate surface area is 105 Å². The van der Waals surface area contributed by atoms with E-state index in [2.05, 4.69) is 22.1 Å². The van der Waals surface area contributed by atoms with Gasteiger partial charge in [-0.3, -0.25) is 4.99 Å². The van der Waals surface area contributed by atoms with Crippen LogP contribution < -0.4 is 0 Å². The third-order valence-corrected chi connectivity index (χ3v) is 3.48. The van der Waals surface area contributed by atoms with Gasteiger partial charge in [-0.15, -0.1) is 0 Å². The van der Waals surface area contributed by atoms with Gasteiger partial charge in [-0.2, -0.15) is 0 Å². The van der Waals surface area contributed by atoms with Gasteiger partial charge in [-0.05, 0) is 18.9 Å². The summed E-state index contributed by atoms with van der Waals surface area (Å²) in [4.78, 5) is 9.05. The van der Waals surface area contributed by atoms with Crippen molar-refractivity contribution < 1.29 is 4.74 Å². The minimum Gasteiger partial charge on any atom is -0.462 e. The number of aliphatic imine (C=N–C) groups is 2. The second-order valence-electron chi connectivity index (χ2n) is 4.59. The Kier molecular flexibility index (Phi) is 2.00. The van der Waals surface area contributed by atoms with Crippen LogP contribution in [-0.4, -0.2) is 11.4 Å². The normalized spacial score (nSPS) is 24.3. The lowest BCUT2D eigenvalue weighted by Crippen LogP contribution is -2.15. The molecule has 0 radical (unpaired) electrons. The van der Waals surface area contributed by atoms with Crippen molar-refractivity contribution in [1.29, 1.82) is 0 Å². The van der Waals surface area contributed by atoms with Crippen LogP contribution in [0.2, 0.25) is 0 Å². The molecule has 0 spiro atoms. The number of allylic oxidation sites excluding steroid dienone is 3. The van der Waals surface area contributed by atoms with Crippen LogP contribution >= 0.6 is 0 Å². The molecular weight excluding hydrogens is 224 g/mol. The van der Waals surface area contributed by atoms with Gasteiger partial charge >= 0.3 is 0 Å². The van der Waals surface area contributed by atoms with Gasteiger partial charge in [0.1, 0.15) is 0 Å². The monoisotopic (exact) mass is 236 g/mol. The van der Waals surface area contributed by atoms with Crippen molar-refractivity contribution in [2.75, 3.05) is 0 Å². The van der Waals surface area contributed by atoms with E-state index >= 15 is 0 Å². The SMILES string of the molecule is C1=CC2=C3OC(c4ccccc4)N=C3CCC2=N1. The van der Waals surface area contributed by atoms with Crippen molar-refractivity contribution in [1.82, 2.24) is 0 Å². The largest absolute Gasteiger partial charge is 0.462 e. The summed E-state index contributed by atoms with van der Waals surface area (Å²) in [5.74, 6) is 0.933. The number of rotatable bonds is 1. The molecule has 0 bridgehead atoms. The summed E-state index contributed by atoms with van der Waals surface area (Å²) in [6.45, 7) is 0. The van der Waals surface area contributed by atoms with E-state index in [0.717, 1.165) is 41.2 Å². The first kappa shape index (κ1) is 9.83. The van der Waals surface area contributed by atoms with E-state index in [1.807, 2.05) is 30.5 Å². The van der Waals surface area contributed by atoms with E-state index in [9.17, 15) is 0 Å². The Morgan fingerprint density at radius 1 is 1.06 bits per heavy atom. The standard InChI is InChI=1S/C15H12N2O/c1-2-4-10(5-3-1)15-17-13-7-6-12-11(8-9-16-12)14(13)18-15/h1-5,8-9,15H,6-7H2. The van der Waals surface area contributed by atoms with E-state index in [0.29, 0.717) is 0 Å². The predicted octanol–water partition coefficient (Wildman–Crippen LogP) is 3.17. The zero-order chi connectivity index (χ0) is 11.9. The van der Waals surface area contributed by atoms with Crippen molar-refractivity contribution in [3.05, 3.63) is 59.5 Å². The highest BCUT2D eigenvalue weighted by Gasteiger charge is 2.32. The van der Waals surface area contributed by atoms with Gasteiger partial charge in [0.15, 0.2) is 5.76 Å². The smallest absolute Gasteiger partial charge is 0.216 e. The van der Waals surface area contributed by atoms with Crippen LogP contribution in [0.5, 0.6) is 0 Å². The van der Waals surface area contributed by atoms with Crippen LogP contribution in [0.25, 0.3) is 0 Å². The van der Waals surface area contributed by atoms with Crippen LogP contribution in [0.1, 0.15) is 24.6 Å². The molecule has 1 atom stereocenters. The van der Waals surface area contributed by atoms with Gasteiger partial charge in [0.2, 0.25) is 6.23 Å². The Balaban J connectivity index is 1.75. The van der Waals surface area contributed by atoms with Gasteiger partial charge in [0.25, 0.3) is 0 Å². The fourth-order valence-electron chi connectivity index (χ4n) is 2.57. The fraction of sp³-hybridized carbons (Fsp3) is 0.200. The van der Waals surface area contributed by atoms with Crippen molar-refractivity contribution in [2.24, 2.45) is 9.98 Å². The lowest BCUT2D eigenvalue weighted by atomic mass is 9.95. The van der Waals surface area contributed by atoms with E-state index < -0.39 is 0 Å². The summed E-state index contributed by atoms with van der Waals surface area (Å²) < 4.78 is 6.01. The summed E-state index contributed by atoms with van der Waals surface area (Å²) in [5.41, 5.74) is 4.45. The Morgan fingerprint density at radius 2 is 1.89 bits per heavy atom. The molecule has 18 heavy (non-hydrogen) atoms. The molecule has 1 aromatic rings. The molecule has 2 aliphatic heterocycles. The van der Waals surface area contributed by atoms with Gasteiger partial charge in [0, 0.05) is 17.3 Å². The fourth-order valence-corrected chi connectivity index (χ4v) is 2.57. The van der Waals surface area contributed by atoms with Crippen LogP contribution in [0.4, 0.5) is 0 Å². The topological polar surface area (TPSA) is 34.0 Å². The summed E-state index contributed by atoms with van der Waals surface area (Å²) in [7, 11) is 0. The molecule has 88 valence electrons. The first-order valence-corrected chi connectivity index (χ1v) is 6.18. The van der Waals surface area contributed by atoms with Crippen molar-refractivity contribution in [3.63, 3.8) is 0 Å². The average molecular weight is 236 g/mol. The van der Waals surface area contributed by atoms with Gasteiger partial charge < -0.3 is 4.74 Å². The molecule has 3 aliphatic rings. The predicted molar refractivity (Wildman–Crippen MR) is 70.5 cm³/mol. The lowest BCUT2D eigenvalue weighted by molar-refractivity contribution is 0.157. The summed E-state index contributed by atoms with van der Waals surface area (Å²) in [6, 6.07) is 10.1. The molecule has 1 unspecified atom stereocenters. The van der Waals surface area contributed by atoms with E-state index in [1.54, 1.807) is 0 Å². The Morgan fingerprint density at radius 3 is 2.78 bits per heavy atom. The summed E-state index contributed by atoms with van der Waals surface area (Å²) in [5, 5.41) is 0. The summed E-state index contributed by atoms with van der Waals surface area (Å²) in [6.07, 6.45) is 5.59. The molecule has 0 amide bonds. The van der Waals surface area contributed by atoms with Gasteiger partial charge in [0.05, 0.1) is 11.4 Å². The van der Waals surface area contributed by atoms with E-state index in [1.165, 1.54) is 0 Å². The number of fused-ring (bicyclic) bond motifs is 2. The highest BCUT2D eigenvalue weighted by Crippen LogP contribution is 2.37. The first-order valence-electron chi connectivity index (χ1n) is 6.18. The Bertz CT molecular complexity index is 623. The molecule has 4 rings (SSSR count). The molecular formula is C15H12N2O. The van der Waals surface area contributed by atoms with E-state index in [4.69, 9.17) is 4.74 Å². The van der Waals surface area contributed by atoms with Crippen LogP contribution in [0.15, 0.2) is 63.9 Å². The van der Waals surface area contributed by atoms with E-state index in [-0.39, 0.29) is 6.23 Å². The lowest BCUT2D eigenvalue weighted by Gasteiger charge is -2.15. The minimum atomic E-state index is -0.183. The second-order valence-corrected chi connectivity index (χ2v) is 4.59. The van der Waals surface area contributed by atoms with Crippen molar-refractivity contribution in [3.8, 4) is 0 Å². The molecule has 3 heteroatoms. The van der Waals surface area contributed by atoms with Gasteiger partial charge in [-0.1, -0.05) is 30.3 Å². The maximum Gasteiger partial charge on any atom is 0.216 e. The molecule has 0 N–H and O–H groups in total. The highest BCUT2D eigenvalue weighted by atomic mass is 16.5. The number of ether oxygens (including phenoxy) is 1. The third kappa shape index (κ3) is 1.37. The molecule has 1 aliphatic carbocycles. The Hall–Kier alpha value is -2.16. The maximum atomic E-state index is 6.01. The number of hydrogen-bond acceptors (Lipinski definition) is 3. The number of nitrogens with zero attached hydrogens (tertiary/aromatic N) is 2. The zero-order valence-electron chi connectivity index (χ0n) is 9.84. The third-order valence-electron chi connectivity index (χ3n) is 3.48. The highest BCUT2D eigenvalue weighted by molar-refractivity contribution is 6.17. The average Bonchev–Trinajstić information content (AvgIpc) is 3.05. The van der Waals surface area contributed by atoms with Crippen LogP contribution in [0, 0.1) is 0 Å². The minimum absolute atomic E-state index is 0.183. The number of hydrogen-bond donors (Lipinski definition) is 0. The molecule has 1 aromatic carbocycles. The number of benzene rings is 1. The van der Waals surface area contributed by atoms with Crippen molar-refractivity contribution in [2.45, 2.75) is 19.1 Å².